The fourth-order valence-electron chi connectivity index (χ4n) is 2.18. The molecule has 1 amide bonds. The van der Waals surface area contributed by atoms with E-state index in [1.807, 2.05) is 0 Å². The Morgan fingerprint density at radius 3 is 2.82 bits per heavy atom. The van der Waals surface area contributed by atoms with Gasteiger partial charge in [0.1, 0.15) is 10.2 Å². The third kappa shape index (κ3) is 2.19. The number of carbonyl (C=O) groups excluding carboxylic acids is 1. The Bertz CT molecular complexity index is 787. The van der Waals surface area contributed by atoms with E-state index >= 15 is 0 Å². The van der Waals surface area contributed by atoms with Crippen LogP contribution in [0, 0.1) is 0 Å². The van der Waals surface area contributed by atoms with E-state index in [0.717, 1.165) is 16.7 Å². The van der Waals surface area contributed by atoms with Crippen molar-refractivity contribution in [1.82, 2.24) is 9.97 Å². The van der Waals surface area contributed by atoms with Gasteiger partial charge in [-0.3, -0.25) is 4.79 Å². The lowest BCUT2D eigenvalue weighted by molar-refractivity contribution is -0.141. The van der Waals surface area contributed by atoms with E-state index < -0.39 is 11.8 Å². The van der Waals surface area contributed by atoms with Gasteiger partial charge in [0.2, 0.25) is 0 Å². The van der Waals surface area contributed by atoms with Crippen LogP contribution in [0.3, 0.4) is 0 Å². The summed E-state index contributed by atoms with van der Waals surface area (Å²) in [7, 11) is 1.31. The summed E-state index contributed by atoms with van der Waals surface area (Å²) in [5, 5.41) is 0.357. The summed E-state index contributed by atoms with van der Waals surface area (Å²) in [6, 6.07) is 4.54. The van der Waals surface area contributed by atoms with Gasteiger partial charge in [-0.25, -0.2) is 9.97 Å². The minimum Gasteiger partial charge on any atom is -0.381 e. The Balaban J connectivity index is 2.09. The first-order valence-corrected chi connectivity index (χ1v) is 7.27. The second-order valence-electron chi connectivity index (χ2n) is 4.57. The number of hydrogen-bond acceptors (Lipinski definition) is 5. The van der Waals surface area contributed by atoms with Crippen LogP contribution in [0.4, 0.5) is 20.3 Å². The molecular weight excluding hydrogens is 334 g/mol. The van der Waals surface area contributed by atoms with Crippen molar-refractivity contribution < 1.29 is 13.6 Å². The molecule has 0 bridgehead atoms. The van der Waals surface area contributed by atoms with Crippen molar-refractivity contribution >= 4 is 40.8 Å². The zero-order valence-corrected chi connectivity index (χ0v) is 12.8. The minimum absolute atomic E-state index is 0.0381. The summed E-state index contributed by atoms with van der Waals surface area (Å²) in [5.41, 5.74) is 5.52. The van der Waals surface area contributed by atoms with Gasteiger partial charge in [-0.05, 0) is 12.1 Å². The van der Waals surface area contributed by atoms with Gasteiger partial charge in [0.15, 0.2) is 5.82 Å². The SMILES string of the molecule is CN1C(=O)C(F)(F)c2c(Sc3ncc(Cl)nc3N)cccc21. The predicted molar refractivity (Wildman–Crippen MR) is 79.3 cm³/mol. The maximum Gasteiger partial charge on any atom is 0.353 e. The molecule has 1 aromatic heterocycles. The smallest absolute Gasteiger partial charge is 0.353 e. The fraction of sp³-hybridized carbons (Fsp3) is 0.154. The van der Waals surface area contributed by atoms with E-state index in [1.54, 1.807) is 6.07 Å². The lowest BCUT2D eigenvalue weighted by atomic mass is 10.1. The highest BCUT2D eigenvalue weighted by molar-refractivity contribution is 7.99. The van der Waals surface area contributed by atoms with Crippen LogP contribution in [0.25, 0.3) is 0 Å². The van der Waals surface area contributed by atoms with E-state index in [1.165, 1.54) is 25.4 Å². The number of benzene rings is 1. The number of fused-ring (bicyclic) bond motifs is 1. The first-order chi connectivity index (χ1) is 10.3. The van der Waals surface area contributed by atoms with Crippen LogP contribution in [0.5, 0.6) is 0 Å². The maximum atomic E-state index is 14.2. The molecule has 0 aliphatic carbocycles. The van der Waals surface area contributed by atoms with Crippen LogP contribution in [0.15, 0.2) is 34.3 Å². The minimum atomic E-state index is -3.58. The number of nitrogens with two attached hydrogens (primary N) is 1. The molecule has 2 aromatic rings. The highest BCUT2D eigenvalue weighted by Gasteiger charge is 2.53. The molecule has 1 aliphatic heterocycles. The van der Waals surface area contributed by atoms with Crippen molar-refractivity contribution in [3.05, 3.63) is 35.1 Å². The van der Waals surface area contributed by atoms with Gasteiger partial charge >= 0.3 is 11.8 Å². The Morgan fingerprint density at radius 1 is 1.41 bits per heavy atom. The number of aromatic nitrogens is 2. The Morgan fingerprint density at radius 2 is 2.14 bits per heavy atom. The van der Waals surface area contributed by atoms with Gasteiger partial charge in [-0.2, -0.15) is 8.78 Å². The molecule has 0 fully saturated rings. The lowest BCUT2D eigenvalue weighted by Crippen LogP contribution is -2.31. The van der Waals surface area contributed by atoms with Crippen molar-refractivity contribution in [2.45, 2.75) is 15.8 Å². The highest BCUT2D eigenvalue weighted by atomic mass is 35.5. The van der Waals surface area contributed by atoms with Crippen LogP contribution in [0.2, 0.25) is 5.15 Å². The number of nitrogen functional groups attached to an aromatic ring is 1. The van der Waals surface area contributed by atoms with Crippen LogP contribution in [0.1, 0.15) is 5.56 Å². The van der Waals surface area contributed by atoms with Crippen molar-refractivity contribution in [3.63, 3.8) is 0 Å². The Kier molecular flexibility index (Phi) is 3.45. The van der Waals surface area contributed by atoms with Crippen LogP contribution in [-0.4, -0.2) is 22.9 Å². The molecule has 0 unspecified atom stereocenters. The molecule has 9 heteroatoms. The predicted octanol–water partition coefficient (Wildman–Crippen LogP) is 2.93. The van der Waals surface area contributed by atoms with E-state index in [2.05, 4.69) is 9.97 Å². The molecule has 2 N–H and O–H groups in total. The summed E-state index contributed by atoms with van der Waals surface area (Å²) < 4.78 is 28.4. The number of likely N-dealkylation sites (N-methyl/N-ethyl adjacent to an activating group) is 1. The second kappa shape index (κ2) is 5.06. The van der Waals surface area contributed by atoms with Gasteiger partial charge in [-0.1, -0.05) is 29.4 Å². The molecular formula is C13H9ClF2N4OS. The maximum absolute atomic E-state index is 14.2. The number of carbonyl (C=O) groups is 1. The molecule has 1 aromatic carbocycles. The van der Waals surface area contributed by atoms with E-state index in [0.29, 0.717) is 0 Å². The number of halogens is 3. The zero-order chi connectivity index (χ0) is 16.1. The molecule has 1 aliphatic rings. The van der Waals surface area contributed by atoms with Gasteiger partial charge in [0, 0.05) is 11.9 Å². The van der Waals surface area contributed by atoms with Crippen molar-refractivity contribution in [2.24, 2.45) is 0 Å². The molecule has 0 atom stereocenters. The fourth-order valence-corrected chi connectivity index (χ4v) is 3.26. The molecule has 0 saturated heterocycles. The number of rotatable bonds is 2. The molecule has 3 rings (SSSR count). The number of amides is 1. The highest BCUT2D eigenvalue weighted by Crippen LogP contribution is 2.49. The summed E-state index contributed by atoms with van der Waals surface area (Å²) in [6.07, 6.45) is 1.28. The van der Waals surface area contributed by atoms with Crippen molar-refractivity contribution in [3.8, 4) is 0 Å². The van der Waals surface area contributed by atoms with E-state index in [4.69, 9.17) is 17.3 Å². The average molecular weight is 343 g/mol. The van der Waals surface area contributed by atoms with Crippen molar-refractivity contribution in [2.75, 3.05) is 17.7 Å². The first-order valence-electron chi connectivity index (χ1n) is 6.07. The molecule has 0 radical (unpaired) electrons. The summed E-state index contributed by atoms with van der Waals surface area (Å²) in [4.78, 5) is 20.6. The number of nitrogens with zero attached hydrogens (tertiary/aromatic N) is 3. The lowest BCUT2D eigenvalue weighted by Gasteiger charge is -2.12. The van der Waals surface area contributed by atoms with Crippen LogP contribution in [-0.2, 0) is 10.7 Å². The third-order valence-corrected chi connectivity index (χ3v) is 4.44. The molecule has 22 heavy (non-hydrogen) atoms. The molecule has 2 heterocycles. The first kappa shape index (κ1) is 15.0. The number of anilines is 2. The van der Waals surface area contributed by atoms with Gasteiger partial charge in [-0.15, -0.1) is 0 Å². The Labute approximate surface area is 133 Å². The van der Waals surface area contributed by atoms with E-state index in [9.17, 15) is 13.6 Å². The van der Waals surface area contributed by atoms with Gasteiger partial charge in [0.25, 0.3) is 0 Å². The normalized spacial score (nSPS) is 16.0. The topological polar surface area (TPSA) is 72.1 Å². The van der Waals surface area contributed by atoms with Crippen LogP contribution >= 0.6 is 23.4 Å². The second-order valence-corrected chi connectivity index (χ2v) is 5.99. The van der Waals surface area contributed by atoms with E-state index in [-0.39, 0.29) is 32.1 Å². The molecule has 114 valence electrons. The summed E-state index contributed by atoms with van der Waals surface area (Å²) in [5.74, 6) is -4.80. The zero-order valence-electron chi connectivity index (χ0n) is 11.2. The molecule has 5 nitrogen and oxygen atoms in total. The molecule has 0 saturated carbocycles. The third-order valence-electron chi connectivity index (χ3n) is 3.19. The van der Waals surface area contributed by atoms with Crippen LogP contribution < -0.4 is 10.6 Å². The standard InChI is InChI=1S/C13H9ClF2N4OS/c1-20-6-3-2-4-7(9(6)13(15,16)12(20)21)22-11-10(17)19-8(14)5-18-11/h2-5H,1H3,(H2,17,19). The van der Waals surface area contributed by atoms with Crippen molar-refractivity contribution in [1.29, 1.82) is 0 Å². The summed E-state index contributed by atoms with van der Waals surface area (Å²) in [6.45, 7) is 0. The summed E-state index contributed by atoms with van der Waals surface area (Å²) >= 11 is 6.58. The number of alkyl halides is 2. The van der Waals surface area contributed by atoms with Gasteiger partial charge in [0.05, 0.1) is 17.4 Å². The molecule has 0 spiro atoms. The quantitative estimate of drug-likeness (QED) is 0.908. The Hall–Kier alpha value is -1.93. The monoisotopic (exact) mass is 342 g/mol. The number of hydrogen-bond donors (Lipinski definition) is 1. The largest absolute Gasteiger partial charge is 0.381 e. The average Bonchev–Trinajstić information content (AvgIpc) is 2.64. The van der Waals surface area contributed by atoms with Gasteiger partial charge < -0.3 is 10.6 Å².